The molecule has 0 N–H and O–H groups in total. The van der Waals surface area contributed by atoms with Crippen molar-refractivity contribution in [3.8, 4) is 0 Å². The predicted molar refractivity (Wildman–Crippen MR) is 13.4 cm³/mol. The summed E-state index contributed by atoms with van der Waals surface area (Å²) < 4.78 is 8.55. The molecule has 0 bridgehead atoms. The Balaban J connectivity index is -0.0000000267. The molecule has 0 aromatic rings. The molecule has 8 heavy (non-hydrogen) atoms. The van der Waals surface area contributed by atoms with Crippen LogP contribution in [-0.2, 0) is 38.7 Å². The first kappa shape index (κ1) is 22.8. The van der Waals surface area contributed by atoms with Crippen molar-refractivity contribution in [3.05, 3.63) is 0 Å². The van der Waals surface area contributed by atoms with Crippen molar-refractivity contribution in [2.75, 3.05) is 0 Å². The third-order valence-electron chi connectivity index (χ3n) is 0. The minimum atomic E-state index is -5.39. The van der Waals surface area contributed by atoms with Crippen molar-refractivity contribution < 1.29 is 53.4 Å². The van der Waals surface area contributed by atoms with Crippen molar-refractivity contribution in [3.63, 3.8) is 0 Å². The summed E-state index contributed by atoms with van der Waals surface area (Å²) in [7, 11) is -5.39. The maximum atomic E-state index is 8.55. The van der Waals surface area contributed by atoms with Crippen molar-refractivity contribution in [1.82, 2.24) is 0 Å². The van der Waals surface area contributed by atoms with Gasteiger partial charge in [-0.25, -0.2) is 0 Å². The van der Waals surface area contributed by atoms with Gasteiger partial charge in [0.15, 0.2) is 0 Å². The van der Waals surface area contributed by atoms with Crippen LogP contribution in [0.25, 0.3) is 0 Å². The van der Waals surface area contributed by atoms with Crippen LogP contribution in [0.5, 0.6) is 0 Å². The van der Waals surface area contributed by atoms with Crippen LogP contribution in [0.3, 0.4) is 0 Å². The molecule has 0 aliphatic carbocycles. The molecule has 0 amide bonds. The molecule has 0 heterocycles. The van der Waals surface area contributed by atoms with Crippen LogP contribution in [0.1, 0.15) is 0 Å². The zero-order valence-corrected chi connectivity index (χ0v) is 7.39. The van der Waals surface area contributed by atoms with E-state index < -0.39 is 7.82 Å². The number of hydrogen-bond donors (Lipinski definition) is 0. The Bertz CT molecular complexity index is 60.2. The van der Waals surface area contributed by atoms with Crippen molar-refractivity contribution in [2.24, 2.45) is 0 Å². The van der Waals surface area contributed by atoms with Gasteiger partial charge in [-0.3, -0.25) is 0 Å². The minimum Gasteiger partial charge on any atom is -0.822 e. The number of phosphoric acid groups is 1. The van der Waals surface area contributed by atoms with E-state index in [0.717, 1.165) is 0 Å². The van der Waals surface area contributed by atoms with Gasteiger partial charge in [0, 0.05) is 0 Å². The molecule has 4 nitrogen and oxygen atoms in total. The number of rotatable bonds is 0. The molecule has 0 aromatic carbocycles. The van der Waals surface area contributed by atoms with E-state index in [0.29, 0.717) is 0 Å². The largest absolute Gasteiger partial charge is 4.00 e. The standard InChI is InChI=1S/2Fe.H3O4P.Si/c;;1-5(2,3)4;/h;;(H3,1,2,3,4);/q2*+2;;+4/p-3. The summed E-state index contributed by atoms with van der Waals surface area (Å²) in [6, 6.07) is 0. The summed E-state index contributed by atoms with van der Waals surface area (Å²) in [5, 5.41) is 0. The van der Waals surface area contributed by atoms with E-state index in [4.69, 9.17) is 19.2 Å². The van der Waals surface area contributed by atoms with Gasteiger partial charge < -0.3 is 19.2 Å². The molecule has 0 atom stereocenters. The quantitative estimate of drug-likeness (QED) is 0.326. The summed E-state index contributed by atoms with van der Waals surface area (Å²) in [4.78, 5) is 25.6. The average Bonchev–Trinajstić information content (AvgIpc) is 0.722. The third-order valence-corrected chi connectivity index (χ3v) is 0. The van der Waals surface area contributed by atoms with Crippen molar-refractivity contribution >= 4 is 18.8 Å². The van der Waals surface area contributed by atoms with Gasteiger partial charge in [-0.2, -0.15) is 7.82 Å². The van der Waals surface area contributed by atoms with Gasteiger partial charge >= 0.3 is 45.1 Å². The molecule has 0 aliphatic rings. The van der Waals surface area contributed by atoms with Gasteiger partial charge in [-0.1, -0.05) is 0 Å². The molecule has 44 valence electrons. The molecule has 0 aliphatic heterocycles. The van der Waals surface area contributed by atoms with E-state index in [1.165, 1.54) is 0 Å². The van der Waals surface area contributed by atoms with Gasteiger partial charge in [-0.15, -0.1) is 0 Å². The number of hydrogen-bond acceptors (Lipinski definition) is 4. The molecule has 0 aromatic heterocycles. The summed E-state index contributed by atoms with van der Waals surface area (Å²) in [6.07, 6.45) is 0. The maximum absolute atomic E-state index is 8.55. The molecule has 0 fully saturated rings. The Kier molecular flexibility index (Phi) is 23.8. The molecule has 0 spiro atoms. The van der Waals surface area contributed by atoms with Crippen LogP contribution >= 0.6 is 7.82 Å². The Morgan fingerprint density at radius 1 is 1.00 bits per heavy atom. The molecular weight excluding hydrogens is 235 g/mol. The summed E-state index contributed by atoms with van der Waals surface area (Å²) in [5.74, 6) is 0. The Hall–Kier alpha value is 1.37. The average molecular weight is 235 g/mol. The zero-order valence-electron chi connectivity index (χ0n) is 3.29. The third kappa shape index (κ3) is 160. The second-order valence-corrected chi connectivity index (χ2v) is 1.34. The Labute approximate surface area is 72.3 Å². The van der Waals surface area contributed by atoms with Crippen LogP contribution in [0.4, 0.5) is 0 Å². The molecule has 0 rings (SSSR count). The van der Waals surface area contributed by atoms with Gasteiger partial charge in [0.2, 0.25) is 0 Å². The van der Waals surface area contributed by atoms with Crippen LogP contribution in [0.2, 0.25) is 0 Å². The monoisotopic (exact) mass is 235 g/mol. The normalized spacial score (nSPS) is 7.38. The summed E-state index contributed by atoms with van der Waals surface area (Å²) in [5.41, 5.74) is 0. The molecule has 0 saturated heterocycles. The van der Waals surface area contributed by atoms with E-state index in [-0.39, 0.29) is 45.1 Å². The molecule has 0 unspecified atom stereocenters. The van der Waals surface area contributed by atoms with Crippen LogP contribution in [-0.4, -0.2) is 11.0 Å². The van der Waals surface area contributed by atoms with E-state index in [2.05, 4.69) is 0 Å². The van der Waals surface area contributed by atoms with Crippen LogP contribution < -0.4 is 14.7 Å². The van der Waals surface area contributed by atoms with Gasteiger partial charge in [0.25, 0.3) is 0 Å². The van der Waals surface area contributed by atoms with Crippen molar-refractivity contribution in [2.45, 2.75) is 0 Å². The van der Waals surface area contributed by atoms with Gasteiger partial charge in [0.1, 0.15) is 0 Å². The second kappa shape index (κ2) is 8.37. The zero-order chi connectivity index (χ0) is 4.50. The van der Waals surface area contributed by atoms with Crippen LogP contribution in [0, 0.1) is 0 Å². The molecule has 0 saturated carbocycles. The fourth-order valence-corrected chi connectivity index (χ4v) is 0. The maximum Gasteiger partial charge on any atom is 4.00 e. The predicted octanol–water partition coefficient (Wildman–Crippen LogP) is -3.21. The Morgan fingerprint density at radius 2 is 1.00 bits per heavy atom. The first-order valence-corrected chi connectivity index (χ1v) is 2.19. The fraction of sp³-hybridized carbons (Fsp3) is 0. The van der Waals surface area contributed by atoms with Crippen LogP contribution in [0.15, 0.2) is 0 Å². The Morgan fingerprint density at radius 3 is 1.00 bits per heavy atom. The van der Waals surface area contributed by atoms with Gasteiger partial charge in [-0.05, 0) is 0 Å². The molecular formula is Fe2O4PSi+5. The topological polar surface area (TPSA) is 86.2 Å². The molecule has 8 heteroatoms. The SMILES string of the molecule is O=P([O-])([O-])[O-].[Fe+2].[Fe+2].[Si+4]. The van der Waals surface area contributed by atoms with E-state index in [1.54, 1.807) is 0 Å². The summed E-state index contributed by atoms with van der Waals surface area (Å²) >= 11 is 0. The van der Waals surface area contributed by atoms with Gasteiger partial charge in [0.05, 0.1) is 0 Å². The molecule has 0 radical (unpaired) electrons. The minimum absolute atomic E-state index is 0. The van der Waals surface area contributed by atoms with E-state index in [9.17, 15) is 0 Å². The summed E-state index contributed by atoms with van der Waals surface area (Å²) in [6.45, 7) is 0. The van der Waals surface area contributed by atoms with E-state index >= 15 is 0 Å². The first-order chi connectivity index (χ1) is 2.00. The van der Waals surface area contributed by atoms with E-state index in [1.807, 2.05) is 0 Å². The first-order valence-electron chi connectivity index (χ1n) is 0.730. The fourth-order valence-electron chi connectivity index (χ4n) is 0. The smallest absolute Gasteiger partial charge is 0.822 e. The van der Waals surface area contributed by atoms with Crippen molar-refractivity contribution in [1.29, 1.82) is 0 Å². The second-order valence-electron chi connectivity index (χ2n) is 0.447.